The Kier molecular flexibility index (Phi) is 15.0. The van der Waals surface area contributed by atoms with Crippen molar-refractivity contribution in [1.82, 2.24) is 0 Å². The molecular formula is C91H110BNO. The summed E-state index contributed by atoms with van der Waals surface area (Å²) in [5, 5.41) is 2.30. The predicted molar refractivity (Wildman–Crippen MR) is 406 cm³/mol. The van der Waals surface area contributed by atoms with Crippen LogP contribution in [0.25, 0.3) is 21.9 Å². The third-order valence-electron chi connectivity index (χ3n) is 25.9. The van der Waals surface area contributed by atoms with Crippen LogP contribution >= 0.6 is 0 Å². The number of para-hydroxylation sites is 2. The molecule has 2 heterocycles. The van der Waals surface area contributed by atoms with E-state index in [-0.39, 0.29) is 67.3 Å². The first-order valence-corrected chi connectivity index (χ1v) is 36.5. The molecule has 0 saturated carbocycles. The second-order valence-electron chi connectivity index (χ2n) is 37.1. The largest absolute Gasteiger partial charge is 0.454 e. The maximum absolute atomic E-state index is 7.16. The minimum absolute atomic E-state index is 0.00363. The van der Waals surface area contributed by atoms with Crippen LogP contribution in [0, 0.1) is 13.8 Å². The van der Waals surface area contributed by atoms with Gasteiger partial charge in [0, 0.05) is 34.0 Å². The lowest BCUT2D eigenvalue weighted by Gasteiger charge is -2.46. The Morgan fingerprint density at radius 1 is 0.457 bits per heavy atom. The van der Waals surface area contributed by atoms with E-state index in [2.05, 4.69) is 291 Å². The van der Waals surface area contributed by atoms with Gasteiger partial charge in [0.2, 0.25) is 6.71 Å². The molecule has 0 spiro atoms. The minimum Gasteiger partial charge on any atom is -0.454 e. The molecule has 2 atom stereocenters. The van der Waals surface area contributed by atoms with E-state index >= 15 is 0 Å². The number of rotatable bonds is 9. The van der Waals surface area contributed by atoms with Crippen molar-refractivity contribution in [3.63, 3.8) is 0 Å². The Morgan fingerprint density at radius 2 is 0.968 bits per heavy atom. The molecule has 14 rings (SSSR count). The number of hydrogen-bond acceptors (Lipinski definition) is 2. The van der Waals surface area contributed by atoms with E-state index < -0.39 is 0 Å². The fourth-order valence-electron chi connectivity index (χ4n) is 18.9. The van der Waals surface area contributed by atoms with Gasteiger partial charge in [-0.15, -0.1) is 0 Å². The number of aryl methyl sites for hydroxylation is 3. The van der Waals surface area contributed by atoms with Crippen molar-refractivity contribution in [2.75, 3.05) is 4.90 Å². The maximum Gasteiger partial charge on any atom is 0.242 e. The van der Waals surface area contributed by atoms with E-state index in [0.717, 1.165) is 53.3 Å². The van der Waals surface area contributed by atoms with Gasteiger partial charge in [-0.05, 0) is 247 Å². The number of nitrogens with zero attached hydrogens (tertiary/aromatic N) is 1. The van der Waals surface area contributed by atoms with E-state index in [0.29, 0.717) is 0 Å². The van der Waals surface area contributed by atoms with Crippen LogP contribution in [-0.2, 0) is 55.2 Å². The summed E-state index contributed by atoms with van der Waals surface area (Å²) >= 11 is 0. The third kappa shape index (κ3) is 10.5. The molecule has 1 aliphatic heterocycles. The molecule has 8 aromatic carbocycles. The van der Waals surface area contributed by atoms with Crippen molar-refractivity contribution in [3.05, 3.63) is 222 Å². The maximum atomic E-state index is 7.16. The molecule has 5 aliphatic rings. The van der Waals surface area contributed by atoms with Crippen LogP contribution in [0.1, 0.15) is 297 Å². The van der Waals surface area contributed by atoms with E-state index in [4.69, 9.17) is 4.42 Å². The lowest BCUT2D eigenvalue weighted by Crippen LogP contribution is -2.60. The first kappa shape index (κ1) is 64.7. The van der Waals surface area contributed by atoms with Gasteiger partial charge >= 0.3 is 0 Å². The SMILES string of the molecule is Cc1cc(C(C)(C)C)ccc1CCC1c2cc3c(cc2B(c2cc4c(cc2C(C)c2ccc5c(c2)C(C)(C)CCC5(C)C)C(C)(C)CCC4(C)C)c2c(C)cc(N(c4ccc5c(c4)C(C)(C)CCC5(C)C)c4cccc5c4oc4ccccc45)cc21)C(C)(C)CCC3(C)C. The number of fused-ring (bicyclic) bond motifs is 9. The summed E-state index contributed by atoms with van der Waals surface area (Å²) in [5.41, 5.74) is 34.0. The van der Waals surface area contributed by atoms with Gasteiger partial charge in [-0.2, -0.15) is 0 Å². The fraction of sp³-hybridized carbons (Fsp3) is 0.473. The Balaban J connectivity index is 1.09. The van der Waals surface area contributed by atoms with Gasteiger partial charge in [0.15, 0.2) is 5.58 Å². The van der Waals surface area contributed by atoms with E-state index in [1.165, 1.54) is 127 Å². The average molecular weight is 1240 g/mol. The number of furan rings is 1. The van der Waals surface area contributed by atoms with E-state index in [1.54, 1.807) is 27.8 Å². The molecule has 1 aromatic heterocycles. The Bertz CT molecular complexity index is 4550. The molecule has 2 nitrogen and oxygen atoms in total. The molecule has 0 saturated heterocycles. The summed E-state index contributed by atoms with van der Waals surface area (Å²) in [7, 11) is 0. The van der Waals surface area contributed by atoms with Crippen LogP contribution < -0.4 is 21.3 Å². The van der Waals surface area contributed by atoms with Crippen LogP contribution in [0.5, 0.6) is 0 Å². The van der Waals surface area contributed by atoms with Crippen molar-refractivity contribution in [2.45, 2.75) is 277 Å². The highest BCUT2D eigenvalue weighted by molar-refractivity contribution is 6.97. The van der Waals surface area contributed by atoms with E-state index in [9.17, 15) is 0 Å². The first-order valence-electron chi connectivity index (χ1n) is 36.5. The van der Waals surface area contributed by atoms with Crippen molar-refractivity contribution in [2.24, 2.45) is 0 Å². The highest BCUT2D eigenvalue weighted by Crippen LogP contribution is 2.54. The van der Waals surface area contributed by atoms with Crippen molar-refractivity contribution >= 4 is 62.1 Å². The summed E-state index contributed by atoms with van der Waals surface area (Å²) < 4.78 is 7.16. The number of benzene rings is 8. The second kappa shape index (κ2) is 21.7. The lowest BCUT2D eigenvalue weighted by atomic mass is 9.30. The Hall–Kier alpha value is -6.58. The average Bonchev–Trinajstić information content (AvgIpc) is 0.803. The summed E-state index contributed by atoms with van der Waals surface area (Å²) in [4.78, 5) is 2.61. The number of anilines is 3. The van der Waals surface area contributed by atoms with Crippen molar-refractivity contribution < 1.29 is 4.42 Å². The van der Waals surface area contributed by atoms with Gasteiger partial charge in [-0.1, -0.05) is 257 Å². The predicted octanol–water partition coefficient (Wildman–Crippen LogP) is 23.1. The molecule has 4 aliphatic carbocycles. The molecule has 9 aromatic rings. The zero-order chi connectivity index (χ0) is 67.2. The number of hydrogen-bond donors (Lipinski definition) is 0. The molecular weight excluding hydrogens is 1130 g/mol. The molecule has 0 bridgehead atoms. The van der Waals surface area contributed by atoms with Gasteiger partial charge < -0.3 is 9.32 Å². The topological polar surface area (TPSA) is 16.4 Å². The summed E-state index contributed by atoms with van der Waals surface area (Å²) in [6.45, 7) is 54.7. The first-order chi connectivity index (χ1) is 43.9. The van der Waals surface area contributed by atoms with E-state index in [1.807, 2.05) is 0 Å². The zero-order valence-electron chi connectivity index (χ0n) is 61.9. The molecule has 2 unspecified atom stereocenters. The molecule has 3 heteroatoms. The molecule has 0 fully saturated rings. The highest BCUT2D eigenvalue weighted by Gasteiger charge is 2.47. The molecule has 0 radical (unpaired) electrons. The molecule has 488 valence electrons. The Morgan fingerprint density at radius 3 is 1.55 bits per heavy atom. The van der Waals surface area contributed by atoms with Gasteiger partial charge in [-0.25, -0.2) is 0 Å². The minimum atomic E-state index is -0.0233. The smallest absolute Gasteiger partial charge is 0.242 e. The lowest BCUT2D eigenvalue weighted by molar-refractivity contribution is 0.331. The molecule has 0 N–H and O–H groups in total. The van der Waals surface area contributed by atoms with Crippen LogP contribution in [0.15, 0.2) is 138 Å². The summed E-state index contributed by atoms with van der Waals surface area (Å²) in [5.74, 6) is 0.251. The van der Waals surface area contributed by atoms with Crippen LogP contribution in [0.4, 0.5) is 17.1 Å². The normalized spacial score (nSPS) is 20.9. The summed E-state index contributed by atoms with van der Waals surface area (Å²) in [6.07, 6.45) is 11.4. The quantitative estimate of drug-likeness (QED) is 0.134. The van der Waals surface area contributed by atoms with Gasteiger partial charge in [-0.3, -0.25) is 0 Å². The van der Waals surface area contributed by atoms with Crippen LogP contribution in [0.2, 0.25) is 0 Å². The monoisotopic (exact) mass is 1240 g/mol. The summed E-state index contributed by atoms with van der Waals surface area (Å²) in [6, 6.07) is 54.7. The highest BCUT2D eigenvalue weighted by atomic mass is 16.3. The Labute approximate surface area is 567 Å². The standard InChI is InChI=1S/C91H110BNO/c1-55-46-60(83(4,5)6)33-30-58(55)31-35-63-67-52-74-76(91(21,22)45-43-89(74,17)18)54-78(67)92(77-53-75-73(88(15,16)42-44-90(75,19)20)51-66(77)57(3)59-32-36-69-71(48-59)86(11,12)40-38-84(69,7)8)81-56(2)47-62(49-68(63)81)93(61-34-37-70-72(50-61)87(13,14)41-39-85(70,9)10)79-28-25-27-65-64-26-23-24-29-80(64)94-82(65)79/h23-30,32-34,36-37,46-54,57,63H,31,35,38-45H2,1-22H3. The molecule has 0 amide bonds. The van der Waals surface area contributed by atoms with Gasteiger partial charge in [0.1, 0.15) is 5.58 Å². The van der Waals surface area contributed by atoms with Gasteiger partial charge in [0.05, 0.1) is 5.69 Å². The third-order valence-corrected chi connectivity index (χ3v) is 25.9. The second-order valence-corrected chi connectivity index (χ2v) is 37.1. The van der Waals surface area contributed by atoms with Crippen molar-refractivity contribution in [3.8, 4) is 0 Å². The molecule has 94 heavy (non-hydrogen) atoms. The van der Waals surface area contributed by atoms with Crippen molar-refractivity contribution in [1.29, 1.82) is 0 Å². The van der Waals surface area contributed by atoms with Crippen LogP contribution in [0.3, 0.4) is 0 Å². The van der Waals surface area contributed by atoms with Gasteiger partial charge in [0.25, 0.3) is 0 Å². The fourth-order valence-corrected chi connectivity index (χ4v) is 18.9. The zero-order valence-corrected chi connectivity index (χ0v) is 61.9. The van der Waals surface area contributed by atoms with Crippen LogP contribution in [-0.4, -0.2) is 6.71 Å².